The molecule has 1 aliphatic heterocycles. The second kappa shape index (κ2) is 7.11. The monoisotopic (exact) mass is 349 g/mol. The largest absolute Gasteiger partial charge is 0.339 e. The second-order valence-corrected chi connectivity index (χ2v) is 6.05. The van der Waals surface area contributed by atoms with E-state index in [2.05, 4.69) is 20.2 Å². The van der Waals surface area contributed by atoms with Crippen LogP contribution in [-0.2, 0) is 0 Å². The SMILES string of the molecule is CN1CCN(C(=O)c2cncc(Nc3ccc(F)c(Cl)c3)n2)CC1. The Morgan fingerprint density at radius 2 is 2.00 bits per heavy atom. The summed E-state index contributed by atoms with van der Waals surface area (Å²) in [6.07, 6.45) is 2.95. The van der Waals surface area contributed by atoms with Crippen LogP contribution < -0.4 is 5.32 Å². The molecule has 1 aromatic heterocycles. The van der Waals surface area contributed by atoms with Crippen LogP contribution in [0.25, 0.3) is 0 Å². The Morgan fingerprint density at radius 3 is 2.71 bits per heavy atom. The van der Waals surface area contributed by atoms with E-state index >= 15 is 0 Å². The molecule has 1 N–H and O–H groups in total. The number of nitrogens with one attached hydrogen (secondary N) is 1. The maximum Gasteiger partial charge on any atom is 0.274 e. The summed E-state index contributed by atoms with van der Waals surface area (Å²) >= 11 is 5.76. The fourth-order valence-electron chi connectivity index (χ4n) is 2.42. The fourth-order valence-corrected chi connectivity index (χ4v) is 2.60. The number of carbonyl (C=O) groups excluding carboxylic acids is 1. The van der Waals surface area contributed by atoms with Gasteiger partial charge in [0, 0.05) is 31.9 Å². The van der Waals surface area contributed by atoms with Crippen LogP contribution in [0.4, 0.5) is 15.9 Å². The molecule has 8 heteroatoms. The standard InChI is InChI=1S/C16H17ClFN5O/c1-22-4-6-23(7-5-22)16(24)14-9-19-10-15(21-14)20-11-2-3-13(18)12(17)8-11/h2-3,8-10H,4-7H2,1H3,(H,20,21). The molecule has 2 aromatic rings. The van der Waals surface area contributed by atoms with Crippen LogP contribution in [0.5, 0.6) is 0 Å². The van der Waals surface area contributed by atoms with E-state index in [0.29, 0.717) is 24.6 Å². The molecule has 3 rings (SSSR count). The maximum absolute atomic E-state index is 13.2. The zero-order valence-corrected chi connectivity index (χ0v) is 13.9. The Labute approximate surface area is 144 Å². The first-order valence-electron chi connectivity index (χ1n) is 7.55. The molecule has 1 amide bonds. The van der Waals surface area contributed by atoms with Gasteiger partial charge in [-0.2, -0.15) is 0 Å². The summed E-state index contributed by atoms with van der Waals surface area (Å²) in [6, 6.07) is 4.25. The van der Waals surface area contributed by atoms with Crippen LogP contribution in [0.3, 0.4) is 0 Å². The van der Waals surface area contributed by atoms with E-state index in [1.165, 1.54) is 30.6 Å². The van der Waals surface area contributed by atoms with E-state index in [-0.39, 0.29) is 16.6 Å². The van der Waals surface area contributed by atoms with Crippen LogP contribution in [0.2, 0.25) is 5.02 Å². The third-order valence-corrected chi connectivity index (χ3v) is 4.13. The van der Waals surface area contributed by atoms with Gasteiger partial charge in [0.15, 0.2) is 0 Å². The molecule has 1 aromatic carbocycles. The minimum absolute atomic E-state index is 0.0117. The molecule has 0 radical (unpaired) electrons. The van der Waals surface area contributed by atoms with Crippen molar-refractivity contribution >= 4 is 29.0 Å². The Bertz CT molecular complexity index is 749. The lowest BCUT2D eigenvalue weighted by atomic mass is 10.3. The Balaban J connectivity index is 1.73. The minimum atomic E-state index is -0.493. The third-order valence-electron chi connectivity index (χ3n) is 3.84. The third kappa shape index (κ3) is 3.80. The van der Waals surface area contributed by atoms with E-state index in [1.54, 1.807) is 4.90 Å². The number of carbonyl (C=O) groups is 1. The molecule has 0 atom stereocenters. The average molecular weight is 350 g/mol. The summed E-state index contributed by atoms with van der Waals surface area (Å²) in [5, 5.41) is 2.99. The highest BCUT2D eigenvalue weighted by atomic mass is 35.5. The van der Waals surface area contributed by atoms with Crippen LogP contribution in [-0.4, -0.2) is 58.9 Å². The number of aromatic nitrogens is 2. The highest BCUT2D eigenvalue weighted by molar-refractivity contribution is 6.31. The van der Waals surface area contributed by atoms with Gasteiger partial charge in [-0.1, -0.05) is 11.6 Å². The lowest BCUT2D eigenvalue weighted by Gasteiger charge is -2.32. The number of nitrogens with zero attached hydrogens (tertiary/aromatic N) is 4. The molecule has 1 saturated heterocycles. The number of hydrogen-bond acceptors (Lipinski definition) is 5. The first-order valence-corrected chi connectivity index (χ1v) is 7.92. The number of hydrogen-bond donors (Lipinski definition) is 1. The van der Waals surface area contributed by atoms with Crippen molar-refractivity contribution in [3.63, 3.8) is 0 Å². The topological polar surface area (TPSA) is 61.4 Å². The molecule has 0 saturated carbocycles. The van der Waals surface area contributed by atoms with E-state index < -0.39 is 5.82 Å². The molecule has 0 spiro atoms. The Hall–Kier alpha value is -2.25. The molecule has 0 unspecified atom stereocenters. The predicted octanol–water partition coefficient (Wildman–Crippen LogP) is 2.40. The summed E-state index contributed by atoms with van der Waals surface area (Å²) in [5.41, 5.74) is 0.845. The van der Waals surface area contributed by atoms with Crippen LogP contribution in [0.1, 0.15) is 10.5 Å². The smallest absolute Gasteiger partial charge is 0.274 e. The Morgan fingerprint density at radius 1 is 1.25 bits per heavy atom. The quantitative estimate of drug-likeness (QED) is 0.922. The van der Waals surface area contributed by atoms with Gasteiger partial charge in [-0.3, -0.25) is 9.78 Å². The first kappa shape index (κ1) is 16.6. The summed E-state index contributed by atoms with van der Waals surface area (Å²) < 4.78 is 13.2. The van der Waals surface area contributed by atoms with Crippen molar-refractivity contribution in [2.45, 2.75) is 0 Å². The summed E-state index contributed by atoms with van der Waals surface area (Å²) in [6.45, 7) is 3.01. The number of anilines is 2. The lowest BCUT2D eigenvalue weighted by molar-refractivity contribution is 0.0658. The number of halogens is 2. The van der Waals surface area contributed by atoms with Crippen LogP contribution in [0, 0.1) is 5.82 Å². The predicted molar refractivity (Wildman–Crippen MR) is 90.1 cm³/mol. The number of rotatable bonds is 3. The van der Waals surface area contributed by atoms with Crippen molar-refractivity contribution in [3.8, 4) is 0 Å². The first-order chi connectivity index (χ1) is 11.5. The van der Waals surface area contributed by atoms with Crippen LogP contribution in [0.15, 0.2) is 30.6 Å². The maximum atomic E-state index is 13.2. The molecule has 2 heterocycles. The average Bonchev–Trinajstić information content (AvgIpc) is 2.58. The van der Waals surface area contributed by atoms with E-state index in [4.69, 9.17) is 11.6 Å². The molecule has 6 nitrogen and oxygen atoms in total. The van der Waals surface area contributed by atoms with Gasteiger partial charge < -0.3 is 15.1 Å². The molecule has 1 aliphatic rings. The highest BCUT2D eigenvalue weighted by Crippen LogP contribution is 2.21. The van der Waals surface area contributed by atoms with E-state index in [0.717, 1.165) is 13.1 Å². The van der Waals surface area contributed by atoms with Gasteiger partial charge in [0.05, 0.1) is 17.4 Å². The van der Waals surface area contributed by atoms with Crippen molar-refractivity contribution in [1.29, 1.82) is 0 Å². The molecule has 126 valence electrons. The van der Waals surface area contributed by atoms with E-state index in [1.807, 2.05) is 7.05 Å². The van der Waals surface area contributed by atoms with Gasteiger partial charge in [-0.25, -0.2) is 9.37 Å². The molecular formula is C16H17ClFN5O. The second-order valence-electron chi connectivity index (χ2n) is 5.64. The van der Waals surface area contributed by atoms with E-state index in [9.17, 15) is 9.18 Å². The number of likely N-dealkylation sites (N-methyl/N-ethyl adjacent to an activating group) is 1. The number of benzene rings is 1. The zero-order chi connectivity index (χ0) is 17.1. The van der Waals surface area contributed by atoms with Crippen LogP contribution >= 0.6 is 11.6 Å². The highest BCUT2D eigenvalue weighted by Gasteiger charge is 2.21. The lowest BCUT2D eigenvalue weighted by Crippen LogP contribution is -2.47. The van der Waals surface area contributed by atoms with Gasteiger partial charge >= 0.3 is 0 Å². The number of piperazine rings is 1. The minimum Gasteiger partial charge on any atom is -0.339 e. The molecule has 0 aliphatic carbocycles. The zero-order valence-electron chi connectivity index (χ0n) is 13.2. The van der Waals surface area contributed by atoms with Gasteiger partial charge in [0.25, 0.3) is 5.91 Å². The molecule has 24 heavy (non-hydrogen) atoms. The summed E-state index contributed by atoms with van der Waals surface area (Å²) in [5.74, 6) is -0.235. The fraction of sp³-hybridized carbons (Fsp3) is 0.312. The molecule has 0 bridgehead atoms. The van der Waals surface area contributed by atoms with Crippen molar-refractivity contribution in [1.82, 2.24) is 19.8 Å². The van der Waals surface area contributed by atoms with Crippen molar-refractivity contribution in [2.75, 3.05) is 38.5 Å². The summed E-state index contributed by atoms with van der Waals surface area (Å²) in [4.78, 5) is 24.8. The molecule has 1 fully saturated rings. The molecular weight excluding hydrogens is 333 g/mol. The van der Waals surface area contributed by atoms with Gasteiger partial charge in [0.1, 0.15) is 17.3 Å². The Kier molecular flexibility index (Phi) is 4.92. The van der Waals surface area contributed by atoms with Gasteiger partial charge in [0.2, 0.25) is 0 Å². The normalized spacial score (nSPS) is 15.4. The van der Waals surface area contributed by atoms with Crippen molar-refractivity contribution in [2.24, 2.45) is 0 Å². The number of amides is 1. The van der Waals surface area contributed by atoms with Gasteiger partial charge in [-0.05, 0) is 25.2 Å². The van der Waals surface area contributed by atoms with Crippen molar-refractivity contribution in [3.05, 3.63) is 47.1 Å². The van der Waals surface area contributed by atoms with Gasteiger partial charge in [-0.15, -0.1) is 0 Å². The summed E-state index contributed by atoms with van der Waals surface area (Å²) in [7, 11) is 2.03. The van der Waals surface area contributed by atoms with Crippen molar-refractivity contribution < 1.29 is 9.18 Å².